The van der Waals surface area contributed by atoms with Gasteiger partial charge in [-0.05, 0) is 49.1 Å². The molecule has 1 fully saturated rings. The van der Waals surface area contributed by atoms with Crippen LogP contribution in [0.3, 0.4) is 0 Å². The molecule has 3 aromatic rings. The Morgan fingerprint density at radius 2 is 1.76 bits per heavy atom. The quantitative estimate of drug-likeness (QED) is 0.416. The van der Waals surface area contributed by atoms with Crippen molar-refractivity contribution in [3.63, 3.8) is 0 Å². The van der Waals surface area contributed by atoms with Gasteiger partial charge < -0.3 is 13.9 Å². The van der Waals surface area contributed by atoms with Crippen LogP contribution < -0.4 is 14.9 Å². The highest BCUT2D eigenvalue weighted by atomic mass is 16.5. The van der Waals surface area contributed by atoms with Crippen LogP contribution in [0.4, 0.5) is 0 Å². The van der Waals surface area contributed by atoms with Gasteiger partial charge in [-0.3, -0.25) is 9.59 Å². The van der Waals surface area contributed by atoms with E-state index in [0.29, 0.717) is 22.5 Å². The summed E-state index contributed by atoms with van der Waals surface area (Å²) in [5.74, 6) is 0.837. The molecule has 0 bridgehead atoms. The summed E-state index contributed by atoms with van der Waals surface area (Å²) >= 11 is 0. The summed E-state index contributed by atoms with van der Waals surface area (Å²) < 4.78 is 16.8. The van der Waals surface area contributed by atoms with E-state index in [1.54, 1.807) is 18.2 Å². The van der Waals surface area contributed by atoms with Crippen LogP contribution in [0.25, 0.3) is 11.0 Å². The lowest BCUT2D eigenvalue weighted by Gasteiger charge is -2.19. The largest absolute Gasteiger partial charge is 0.460 e. The van der Waals surface area contributed by atoms with Crippen LogP contribution in [0, 0.1) is 5.92 Å². The molecular weight excluding hydrogens is 368 g/mol. The van der Waals surface area contributed by atoms with Crippen LogP contribution in [0.1, 0.15) is 44.6 Å². The summed E-state index contributed by atoms with van der Waals surface area (Å²) in [5, 5.41) is 0.380. The van der Waals surface area contributed by atoms with Crippen LogP contribution >= 0.6 is 0 Å². The molecule has 1 aliphatic rings. The molecule has 0 unspecified atom stereocenters. The highest BCUT2D eigenvalue weighted by Crippen LogP contribution is 2.28. The zero-order valence-corrected chi connectivity index (χ0v) is 16.5. The van der Waals surface area contributed by atoms with Gasteiger partial charge in [0.1, 0.15) is 23.3 Å². The molecule has 150 valence electrons. The maximum atomic E-state index is 12.7. The van der Waals surface area contributed by atoms with Gasteiger partial charge in [-0.1, -0.05) is 38.3 Å². The second kappa shape index (κ2) is 8.52. The maximum Gasteiger partial charge on any atom is 0.314 e. The van der Waals surface area contributed by atoms with E-state index in [4.69, 9.17) is 13.9 Å². The fourth-order valence-electron chi connectivity index (χ4n) is 3.68. The Hall–Kier alpha value is -3.08. The van der Waals surface area contributed by atoms with Crippen molar-refractivity contribution in [3.05, 3.63) is 64.5 Å². The van der Waals surface area contributed by atoms with Crippen molar-refractivity contribution in [2.45, 2.75) is 45.4 Å². The standard InChI is InChI=1S/C24H24O5/c1-2-16-8-10-18(11-9-16)28-22-15-27-21-14-19(12-13-20(21)23(22)25)29-24(26)17-6-4-3-5-7-17/h8-15,17H,2-7H2,1H3. The number of esters is 1. The minimum absolute atomic E-state index is 0.0404. The summed E-state index contributed by atoms with van der Waals surface area (Å²) in [6.45, 7) is 2.08. The molecule has 1 aromatic heterocycles. The fraction of sp³-hybridized carbons (Fsp3) is 0.333. The van der Waals surface area contributed by atoms with Gasteiger partial charge in [0.2, 0.25) is 11.2 Å². The van der Waals surface area contributed by atoms with Crippen molar-refractivity contribution >= 4 is 16.9 Å². The molecule has 2 aromatic carbocycles. The van der Waals surface area contributed by atoms with Crippen LogP contribution in [0.15, 0.2) is 57.9 Å². The Bertz CT molecular complexity index is 1060. The monoisotopic (exact) mass is 392 g/mol. The Morgan fingerprint density at radius 1 is 1.03 bits per heavy atom. The first-order chi connectivity index (χ1) is 14.1. The molecule has 29 heavy (non-hydrogen) atoms. The summed E-state index contributed by atoms with van der Waals surface area (Å²) in [4.78, 5) is 25.1. The van der Waals surface area contributed by atoms with E-state index in [0.717, 1.165) is 32.1 Å². The van der Waals surface area contributed by atoms with Gasteiger partial charge in [0.15, 0.2) is 0 Å². The van der Waals surface area contributed by atoms with E-state index in [1.807, 2.05) is 24.3 Å². The SMILES string of the molecule is CCc1ccc(Oc2coc3cc(OC(=O)C4CCCCC4)ccc3c2=O)cc1. The molecule has 0 spiro atoms. The molecule has 5 heteroatoms. The Morgan fingerprint density at radius 3 is 2.48 bits per heavy atom. The number of benzene rings is 2. The van der Waals surface area contributed by atoms with Crippen LogP contribution in [-0.2, 0) is 11.2 Å². The third-order valence-electron chi connectivity index (χ3n) is 5.43. The lowest BCUT2D eigenvalue weighted by Crippen LogP contribution is -2.22. The van der Waals surface area contributed by atoms with Gasteiger partial charge in [-0.2, -0.15) is 0 Å². The predicted molar refractivity (Wildman–Crippen MR) is 111 cm³/mol. The highest BCUT2D eigenvalue weighted by molar-refractivity contribution is 5.81. The zero-order chi connectivity index (χ0) is 20.2. The minimum atomic E-state index is -0.268. The molecule has 1 heterocycles. The Balaban J connectivity index is 1.53. The molecule has 0 radical (unpaired) electrons. The second-order valence-corrected chi connectivity index (χ2v) is 7.44. The molecular formula is C24H24O5. The van der Waals surface area contributed by atoms with Crippen LogP contribution in [0.5, 0.6) is 17.2 Å². The zero-order valence-electron chi connectivity index (χ0n) is 16.5. The highest BCUT2D eigenvalue weighted by Gasteiger charge is 2.23. The Kier molecular flexibility index (Phi) is 5.65. The first-order valence-electron chi connectivity index (χ1n) is 10.2. The number of rotatable bonds is 5. The molecule has 5 nitrogen and oxygen atoms in total. The normalized spacial score (nSPS) is 14.7. The Labute approximate surface area is 169 Å². The van der Waals surface area contributed by atoms with Crippen molar-refractivity contribution in [1.29, 1.82) is 0 Å². The summed E-state index contributed by atoms with van der Waals surface area (Å²) in [5.41, 5.74) is 1.28. The fourth-order valence-corrected chi connectivity index (χ4v) is 3.68. The lowest BCUT2D eigenvalue weighted by atomic mass is 9.89. The maximum absolute atomic E-state index is 12.7. The van der Waals surface area contributed by atoms with Crippen molar-refractivity contribution < 1.29 is 18.7 Å². The topological polar surface area (TPSA) is 65.7 Å². The average Bonchev–Trinajstić information content (AvgIpc) is 2.77. The van der Waals surface area contributed by atoms with E-state index in [1.165, 1.54) is 18.2 Å². The molecule has 1 saturated carbocycles. The van der Waals surface area contributed by atoms with Gasteiger partial charge >= 0.3 is 5.97 Å². The molecule has 4 rings (SSSR count). The molecule has 0 aliphatic heterocycles. The number of carbonyl (C=O) groups is 1. The number of carbonyl (C=O) groups excluding carboxylic acids is 1. The van der Waals surface area contributed by atoms with Gasteiger partial charge in [-0.25, -0.2) is 0 Å². The third kappa shape index (κ3) is 4.34. The summed E-state index contributed by atoms with van der Waals surface area (Å²) in [6.07, 6.45) is 7.30. The predicted octanol–water partition coefficient (Wildman–Crippen LogP) is 5.63. The van der Waals surface area contributed by atoms with Gasteiger partial charge in [0.05, 0.1) is 11.3 Å². The van der Waals surface area contributed by atoms with Crippen LogP contribution in [-0.4, -0.2) is 5.97 Å². The third-order valence-corrected chi connectivity index (χ3v) is 5.43. The number of aryl methyl sites for hydroxylation is 1. The number of fused-ring (bicyclic) bond motifs is 1. The van der Waals surface area contributed by atoms with E-state index in [-0.39, 0.29) is 23.1 Å². The van der Waals surface area contributed by atoms with Crippen molar-refractivity contribution in [1.82, 2.24) is 0 Å². The molecule has 0 amide bonds. The second-order valence-electron chi connectivity index (χ2n) is 7.44. The molecule has 0 atom stereocenters. The lowest BCUT2D eigenvalue weighted by molar-refractivity contribution is -0.139. The van der Waals surface area contributed by atoms with Gasteiger partial charge in [0.25, 0.3) is 0 Å². The molecule has 1 aliphatic carbocycles. The first kappa shape index (κ1) is 19.2. The van der Waals surface area contributed by atoms with Crippen molar-refractivity contribution in [2.75, 3.05) is 0 Å². The number of hydrogen-bond donors (Lipinski definition) is 0. The van der Waals surface area contributed by atoms with Crippen molar-refractivity contribution in [2.24, 2.45) is 5.92 Å². The summed E-state index contributed by atoms with van der Waals surface area (Å²) in [7, 11) is 0. The first-order valence-corrected chi connectivity index (χ1v) is 10.2. The van der Waals surface area contributed by atoms with Crippen molar-refractivity contribution in [3.8, 4) is 17.2 Å². The van der Waals surface area contributed by atoms with Gasteiger partial charge in [-0.15, -0.1) is 0 Å². The average molecular weight is 392 g/mol. The van der Waals surface area contributed by atoms with E-state index in [2.05, 4.69) is 6.92 Å². The van der Waals surface area contributed by atoms with Gasteiger partial charge in [0, 0.05) is 6.07 Å². The number of ether oxygens (including phenoxy) is 2. The smallest absolute Gasteiger partial charge is 0.314 e. The molecule has 0 N–H and O–H groups in total. The van der Waals surface area contributed by atoms with E-state index >= 15 is 0 Å². The minimum Gasteiger partial charge on any atom is -0.460 e. The van der Waals surface area contributed by atoms with E-state index < -0.39 is 0 Å². The van der Waals surface area contributed by atoms with E-state index in [9.17, 15) is 9.59 Å². The molecule has 0 saturated heterocycles. The summed E-state index contributed by atoms with van der Waals surface area (Å²) in [6, 6.07) is 12.4. The van der Waals surface area contributed by atoms with Crippen LogP contribution in [0.2, 0.25) is 0 Å². The number of hydrogen-bond acceptors (Lipinski definition) is 5.